The van der Waals surface area contributed by atoms with Gasteiger partial charge in [0.05, 0.1) is 5.56 Å². The van der Waals surface area contributed by atoms with Gasteiger partial charge in [0.1, 0.15) is 0 Å². The first-order valence-electron chi connectivity index (χ1n) is 6.26. The predicted octanol–water partition coefficient (Wildman–Crippen LogP) is 5.31. The molecule has 0 amide bonds. The van der Waals surface area contributed by atoms with Gasteiger partial charge < -0.3 is 0 Å². The Labute approximate surface area is 132 Å². The lowest BCUT2D eigenvalue weighted by molar-refractivity contribution is -0.138. The van der Waals surface area contributed by atoms with Crippen molar-refractivity contribution >= 4 is 36.0 Å². The van der Waals surface area contributed by atoms with Crippen molar-refractivity contribution in [2.45, 2.75) is 37.8 Å². The van der Waals surface area contributed by atoms with Gasteiger partial charge in [-0.1, -0.05) is 18.2 Å². The van der Waals surface area contributed by atoms with Crippen LogP contribution in [0, 0.1) is 0 Å². The van der Waals surface area contributed by atoms with Crippen LogP contribution < -0.4 is 4.83 Å². The Morgan fingerprint density at radius 3 is 2.45 bits per heavy atom. The lowest BCUT2D eigenvalue weighted by Crippen LogP contribution is -2.18. The van der Waals surface area contributed by atoms with Crippen LogP contribution >= 0.6 is 30.3 Å². The molecular weight excluding hydrogens is 400 g/mol. The first-order valence-corrected chi connectivity index (χ1v) is 9.62. The Morgan fingerprint density at radius 2 is 1.85 bits per heavy atom. The van der Waals surface area contributed by atoms with Crippen molar-refractivity contribution in [2.75, 3.05) is 0 Å². The summed E-state index contributed by atoms with van der Waals surface area (Å²) in [5.41, 5.74) is 0.969. The maximum atomic E-state index is 13.0. The number of alkyl halides is 3. The van der Waals surface area contributed by atoms with Crippen molar-refractivity contribution < 1.29 is 13.2 Å². The summed E-state index contributed by atoms with van der Waals surface area (Å²) in [4.78, 5) is 2.82. The summed E-state index contributed by atoms with van der Waals surface area (Å²) in [5.74, 6) is -0.0287. The van der Waals surface area contributed by atoms with Crippen LogP contribution in [0.2, 0.25) is 0 Å². The molecule has 2 rings (SSSR count). The minimum Gasteiger partial charge on any atom is -0.242 e. The summed E-state index contributed by atoms with van der Waals surface area (Å²) < 4.78 is 39.0. The zero-order valence-electron chi connectivity index (χ0n) is 10.6. The van der Waals surface area contributed by atoms with Crippen LogP contribution in [0.3, 0.4) is 0 Å². The molecule has 1 aliphatic carbocycles. The molecule has 0 aliphatic heterocycles. The maximum Gasteiger partial charge on any atom is 0.416 e. The highest BCUT2D eigenvalue weighted by molar-refractivity contribution is 14.2. The largest absolute Gasteiger partial charge is 0.416 e. The molecule has 2 nitrogen and oxygen atoms in total. The van der Waals surface area contributed by atoms with Crippen molar-refractivity contribution in [1.29, 1.82) is 0 Å². The molecule has 20 heavy (non-hydrogen) atoms. The number of benzene rings is 1. The highest BCUT2D eigenvalue weighted by Gasteiger charge is 2.35. The molecule has 1 N–H and O–H groups in total. The molecule has 0 radical (unpaired) electrons. The Hall–Kier alpha value is -0.440. The second-order valence-corrected chi connectivity index (χ2v) is 6.36. The van der Waals surface area contributed by atoms with E-state index in [-0.39, 0.29) is 5.92 Å². The SMILES string of the molecule is FC(F)(F)c1ccccc1C1CCC(=NNSI)CC1. The molecule has 7 heteroatoms. The third kappa shape index (κ3) is 4.03. The number of hydrazone groups is 1. The minimum absolute atomic E-state index is 0.0287. The van der Waals surface area contributed by atoms with E-state index in [9.17, 15) is 13.2 Å². The summed E-state index contributed by atoms with van der Waals surface area (Å²) >= 11 is 2.08. The van der Waals surface area contributed by atoms with Crippen molar-refractivity contribution in [3.63, 3.8) is 0 Å². The number of hydrogen-bond donors (Lipinski definition) is 1. The number of halogens is 4. The van der Waals surface area contributed by atoms with E-state index in [0.29, 0.717) is 5.56 Å². The van der Waals surface area contributed by atoms with Gasteiger partial charge in [-0.25, -0.2) is 4.83 Å². The molecule has 110 valence electrons. The van der Waals surface area contributed by atoms with Gasteiger partial charge in [0.15, 0.2) is 0 Å². The van der Waals surface area contributed by atoms with Crippen molar-refractivity contribution in [2.24, 2.45) is 5.10 Å². The highest BCUT2D eigenvalue weighted by atomic mass is 127. The summed E-state index contributed by atoms with van der Waals surface area (Å²) in [6.07, 6.45) is -1.33. The van der Waals surface area contributed by atoms with Gasteiger partial charge >= 0.3 is 6.18 Å². The van der Waals surface area contributed by atoms with Gasteiger partial charge in [-0.2, -0.15) is 18.3 Å². The molecule has 1 saturated carbocycles. The Morgan fingerprint density at radius 1 is 1.20 bits per heavy atom. The van der Waals surface area contributed by atoms with Gasteiger partial charge in [-0.05, 0) is 43.2 Å². The number of hydrogen-bond acceptors (Lipinski definition) is 3. The Bertz CT molecular complexity index is 481. The quantitative estimate of drug-likeness (QED) is 0.412. The summed E-state index contributed by atoms with van der Waals surface area (Å²) in [5, 5.41) is 4.20. The van der Waals surface area contributed by atoms with Crippen LogP contribution in [0.5, 0.6) is 0 Å². The number of nitrogens with zero attached hydrogens (tertiary/aromatic N) is 1. The van der Waals surface area contributed by atoms with E-state index in [0.717, 1.165) is 31.4 Å². The van der Waals surface area contributed by atoms with E-state index < -0.39 is 11.7 Å². The first-order chi connectivity index (χ1) is 9.52. The molecular formula is C13H14F3IN2S. The zero-order chi connectivity index (χ0) is 14.6. The minimum atomic E-state index is -4.27. The van der Waals surface area contributed by atoms with E-state index in [1.807, 2.05) is 0 Å². The summed E-state index contributed by atoms with van der Waals surface area (Å²) in [7, 11) is 1.38. The van der Waals surface area contributed by atoms with E-state index in [4.69, 9.17) is 0 Å². The fourth-order valence-corrected chi connectivity index (χ4v) is 3.03. The smallest absolute Gasteiger partial charge is 0.242 e. The lowest BCUT2D eigenvalue weighted by atomic mass is 9.81. The Balaban J connectivity index is 2.11. The molecule has 0 spiro atoms. The predicted molar refractivity (Wildman–Crippen MR) is 84.8 cm³/mol. The average molecular weight is 414 g/mol. The molecule has 0 heterocycles. The van der Waals surface area contributed by atoms with Gasteiger partial charge in [0, 0.05) is 36.0 Å². The van der Waals surface area contributed by atoms with Crippen LogP contribution in [0.25, 0.3) is 0 Å². The summed E-state index contributed by atoms with van der Waals surface area (Å²) in [6.45, 7) is 0. The van der Waals surface area contributed by atoms with E-state index in [2.05, 4.69) is 31.1 Å². The van der Waals surface area contributed by atoms with Crippen LogP contribution in [0.15, 0.2) is 29.4 Å². The van der Waals surface area contributed by atoms with Gasteiger partial charge in [0.2, 0.25) is 0 Å². The molecule has 1 aromatic rings. The van der Waals surface area contributed by atoms with E-state index >= 15 is 0 Å². The second kappa shape index (κ2) is 7.02. The third-order valence-corrected chi connectivity index (χ3v) is 4.26. The van der Waals surface area contributed by atoms with Gasteiger partial charge in [0.25, 0.3) is 0 Å². The van der Waals surface area contributed by atoms with Crippen LogP contribution in [0.4, 0.5) is 13.2 Å². The second-order valence-electron chi connectivity index (χ2n) is 4.71. The van der Waals surface area contributed by atoms with Gasteiger partial charge in [-0.3, -0.25) is 0 Å². The molecule has 0 aromatic heterocycles. The fraction of sp³-hybridized carbons (Fsp3) is 0.462. The maximum absolute atomic E-state index is 13.0. The lowest BCUT2D eigenvalue weighted by Gasteiger charge is -2.26. The molecule has 0 bridgehead atoms. The van der Waals surface area contributed by atoms with Crippen LogP contribution in [-0.4, -0.2) is 5.71 Å². The number of rotatable bonds is 3. The Kier molecular flexibility index (Phi) is 5.59. The standard InChI is InChI=1S/C13H14F3IN2S/c14-13(15,16)12-4-2-1-3-11(12)9-5-7-10(8-6-9)18-19-20-17/h1-4,9,19H,5-8H2. The highest BCUT2D eigenvalue weighted by Crippen LogP contribution is 2.39. The van der Waals surface area contributed by atoms with Gasteiger partial charge in [-0.15, -0.1) is 0 Å². The fourth-order valence-electron chi connectivity index (χ4n) is 2.57. The van der Waals surface area contributed by atoms with E-state index in [1.165, 1.54) is 21.3 Å². The van der Waals surface area contributed by atoms with Crippen molar-refractivity contribution in [3.8, 4) is 0 Å². The van der Waals surface area contributed by atoms with Crippen molar-refractivity contribution in [1.82, 2.24) is 4.83 Å². The zero-order valence-corrected chi connectivity index (χ0v) is 13.6. The van der Waals surface area contributed by atoms with Crippen LogP contribution in [0.1, 0.15) is 42.7 Å². The molecule has 1 aliphatic rings. The number of nitrogens with one attached hydrogen (secondary N) is 1. The van der Waals surface area contributed by atoms with E-state index in [1.54, 1.807) is 12.1 Å². The molecule has 0 saturated heterocycles. The molecule has 0 unspecified atom stereocenters. The normalized spacial score (nSPS) is 19.8. The topological polar surface area (TPSA) is 24.4 Å². The van der Waals surface area contributed by atoms with Crippen molar-refractivity contribution in [3.05, 3.63) is 35.4 Å². The molecule has 0 atom stereocenters. The third-order valence-electron chi connectivity index (χ3n) is 3.51. The molecule has 1 fully saturated rings. The van der Waals surface area contributed by atoms with Crippen LogP contribution in [-0.2, 0) is 6.18 Å². The first kappa shape index (κ1) is 15.9. The molecule has 1 aromatic carbocycles. The summed E-state index contributed by atoms with van der Waals surface area (Å²) in [6, 6.07) is 5.91. The monoisotopic (exact) mass is 414 g/mol. The average Bonchev–Trinajstić information content (AvgIpc) is 2.45.